The van der Waals surface area contributed by atoms with Gasteiger partial charge in [0, 0.05) is 11.1 Å². The maximum atomic E-state index is 12.1. The number of nitrogens with zero attached hydrogens (tertiary/aromatic N) is 3. The Morgan fingerprint density at radius 2 is 1.91 bits per heavy atom. The number of nitrogens with one attached hydrogen (secondary N) is 1. The van der Waals surface area contributed by atoms with Gasteiger partial charge in [0.05, 0.1) is 25.0 Å². The molecule has 0 radical (unpaired) electrons. The van der Waals surface area contributed by atoms with Crippen LogP contribution in [0.4, 0.5) is 0 Å². The first-order valence-electron chi connectivity index (χ1n) is 7.13. The number of rotatable bonds is 6. The Kier molecular flexibility index (Phi) is 5.72. The van der Waals surface area contributed by atoms with E-state index in [1.165, 1.54) is 6.08 Å². The number of carbonyl (C=O) groups is 1. The van der Waals surface area contributed by atoms with Gasteiger partial charge in [0.2, 0.25) is 5.91 Å². The van der Waals surface area contributed by atoms with Crippen molar-refractivity contribution in [2.75, 3.05) is 0 Å². The summed E-state index contributed by atoms with van der Waals surface area (Å²) in [7, 11) is 0. The summed E-state index contributed by atoms with van der Waals surface area (Å²) in [6.45, 7) is 4.65. The highest BCUT2D eigenvalue weighted by molar-refractivity contribution is 6.30. The first-order chi connectivity index (χ1) is 10.5. The lowest BCUT2D eigenvalue weighted by atomic mass is 10.0. The zero-order valence-electron chi connectivity index (χ0n) is 12.6. The van der Waals surface area contributed by atoms with Gasteiger partial charge in [-0.1, -0.05) is 37.6 Å². The van der Waals surface area contributed by atoms with Gasteiger partial charge in [-0.05, 0) is 29.7 Å². The van der Waals surface area contributed by atoms with Crippen LogP contribution in [-0.2, 0) is 11.3 Å². The minimum Gasteiger partial charge on any atom is -0.348 e. The van der Waals surface area contributed by atoms with Gasteiger partial charge in [0.1, 0.15) is 0 Å². The lowest BCUT2D eigenvalue weighted by molar-refractivity contribution is -0.117. The molecule has 1 heterocycles. The molecule has 1 amide bonds. The van der Waals surface area contributed by atoms with E-state index in [0.29, 0.717) is 11.6 Å². The lowest BCUT2D eigenvalue weighted by Crippen LogP contribution is -2.41. The predicted molar refractivity (Wildman–Crippen MR) is 87.3 cm³/mol. The van der Waals surface area contributed by atoms with Crippen LogP contribution in [0.1, 0.15) is 19.4 Å². The molecule has 0 aliphatic rings. The van der Waals surface area contributed by atoms with Gasteiger partial charge >= 0.3 is 0 Å². The van der Waals surface area contributed by atoms with Crippen LogP contribution in [0, 0.1) is 5.92 Å². The zero-order chi connectivity index (χ0) is 15.9. The molecule has 0 saturated heterocycles. The van der Waals surface area contributed by atoms with E-state index >= 15 is 0 Å². The summed E-state index contributed by atoms with van der Waals surface area (Å²) in [5.74, 6) is 0.139. The molecule has 0 fully saturated rings. The molecule has 1 aromatic carbocycles. The number of hydrogen-bond acceptors (Lipinski definition) is 3. The molecule has 1 N–H and O–H groups in total. The summed E-state index contributed by atoms with van der Waals surface area (Å²) in [5.41, 5.74) is 0.925. The Bertz CT molecular complexity index is 620. The molecule has 1 atom stereocenters. The van der Waals surface area contributed by atoms with Crippen LogP contribution in [0.15, 0.2) is 42.7 Å². The lowest BCUT2D eigenvalue weighted by Gasteiger charge is -2.20. The highest BCUT2D eigenvalue weighted by Gasteiger charge is 2.16. The van der Waals surface area contributed by atoms with Crippen LogP contribution < -0.4 is 5.32 Å². The molecule has 0 aliphatic heterocycles. The normalized spacial score (nSPS) is 12.7. The molecular weight excluding hydrogens is 300 g/mol. The third-order valence-electron chi connectivity index (χ3n) is 3.26. The molecule has 22 heavy (non-hydrogen) atoms. The smallest absolute Gasteiger partial charge is 0.244 e. The van der Waals surface area contributed by atoms with Crippen molar-refractivity contribution in [3.63, 3.8) is 0 Å². The highest BCUT2D eigenvalue weighted by atomic mass is 35.5. The maximum Gasteiger partial charge on any atom is 0.244 e. The van der Waals surface area contributed by atoms with Crippen LogP contribution >= 0.6 is 11.6 Å². The van der Waals surface area contributed by atoms with Crippen molar-refractivity contribution in [3.05, 3.63) is 53.3 Å². The summed E-state index contributed by atoms with van der Waals surface area (Å²) in [6.07, 6.45) is 6.53. The van der Waals surface area contributed by atoms with Gasteiger partial charge in [-0.3, -0.25) is 4.79 Å². The Balaban J connectivity index is 1.94. The number of amides is 1. The van der Waals surface area contributed by atoms with Crippen LogP contribution in [0.25, 0.3) is 6.08 Å². The van der Waals surface area contributed by atoms with E-state index in [0.717, 1.165) is 5.56 Å². The van der Waals surface area contributed by atoms with E-state index in [1.807, 2.05) is 12.1 Å². The second-order valence-corrected chi connectivity index (χ2v) is 5.76. The van der Waals surface area contributed by atoms with Crippen LogP contribution in [-0.4, -0.2) is 26.9 Å². The van der Waals surface area contributed by atoms with Crippen molar-refractivity contribution >= 4 is 23.6 Å². The molecule has 1 aromatic heterocycles. The Morgan fingerprint density at radius 1 is 1.27 bits per heavy atom. The molecule has 0 spiro atoms. The summed E-state index contributed by atoms with van der Waals surface area (Å²) < 4.78 is 0. The Morgan fingerprint density at radius 3 is 2.50 bits per heavy atom. The fourth-order valence-electron chi connectivity index (χ4n) is 1.91. The third-order valence-corrected chi connectivity index (χ3v) is 3.51. The molecule has 0 saturated carbocycles. The van der Waals surface area contributed by atoms with E-state index in [-0.39, 0.29) is 17.9 Å². The van der Waals surface area contributed by atoms with Crippen LogP contribution in [0.2, 0.25) is 5.02 Å². The number of hydrogen-bond donors (Lipinski definition) is 1. The average Bonchev–Trinajstić information content (AvgIpc) is 2.99. The van der Waals surface area contributed by atoms with Gasteiger partial charge < -0.3 is 5.32 Å². The first-order valence-corrected chi connectivity index (χ1v) is 7.50. The third kappa shape index (κ3) is 5.00. The molecule has 1 unspecified atom stereocenters. The quantitative estimate of drug-likeness (QED) is 0.833. The number of aromatic nitrogens is 3. The second kappa shape index (κ2) is 7.75. The molecule has 0 aliphatic carbocycles. The topological polar surface area (TPSA) is 59.8 Å². The predicted octanol–water partition coefficient (Wildman–Crippen LogP) is 2.79. The summed E-state index contributed by atoms with van der Waals surface area (Å²) in [4.78, 5) is 13.6. The Labute approximate surface area is 135 Å². The van der Waals surface area contributed by atoms with E-state index in [9.17, 15) is 4.79 Å². The highest BCUT2D eigenvalue weighted by Crippen LogP contribution is 2.10. The van der Waals surface area contributed by atoms with E-state index in [4.69, 9.17) is 11.6 Å². The van der Waals surface area contributed by atoms with Gasteiger partial charge in [0.15, 0.2) is 0 Å². The van der Waals surface area contributed by atoms with Gasteiger partial charge in [-0.25, -0.2) is 0 Å². The van der Waals surface area contributed by atoms with Crippen molar-refractivity contribution in [3.8, 4) is 0 Å². The standard InChI is InChI=1S/C16H19ClN4O/c1-12(2)15(11-21-18-9-10-19-21)20-16(22)8-5-13-3-6-14(17)7-4-13/h3-10,12,15H,11H2,1-2H3,(H,20,22)/b8-5+. The average molecular weight is 319 g/mol. The summed E-state index contributed by atoms with van der Waals surface area (Å²) in [6, 6.07) is 7.27. The monoisotopic (exact) mass is 318 g/mol. The van der Waals surface area contributed by atoms with E-state index in [2.05, 4.69) is 29.4 Å². The largest absolute Gasteiger partial charge is 0.348 e. The fourth-order valence-corrected chi connectivity index (χ4v) is 2.04. The zero-order valence-corrected chi connectivity index (χ0v) is 13.4. The second-order valence-electron chi connectivity index (χ2n) is 5.33. The number of benzene rings is 1. The van der Waals surface area contributed by atoms with Crippen molar-refractivity contribution in [2.24, 2.45) is 5.92 Å². The summed E-state index contributed by atoms with van der Waals surface area (Å²) >= 11 is 5.83. The van der Waals surface area contributed by atoms with Crippen molar-refractivity contribution in [1.82, 2.24) is 20.3 Å². The van der Waals surface area contributed by atoms with Crippen molar-refractivity contribution in [1.29, 1.82) is 0 Å². The van der Waals surface area contributed by atoms with Gasteiger partial charge in [-0.2, -0.15) is 15.0 Å². The molecule has 2 rings (SSSR count). The van der Waals surface area contributed by atoms with Gasteiger partial charge in [-0.15, -0.1) is 0 Å². The summed E-state index contributed by atoms with van der Waals surface area (Å²) in [5, 5.41) is 11.8. The van der Waals surface area contributed by atoms with E-state index < -0.39 is 0 Å². The van der Waals surface area contributed by atoms with Crippen LogP contribution in [0.3, 0.4) is 0 Å². The molecule has 0 bridgehead atoms. The van der Waals surface area contributed by atoms with Crippen LogP contribution in [0.5, 0.6) is 0 Å². The Hall–Kier alpha value is -2.14. The van der Waals surface area contributed by atoms with Crippen molar-refractivity contribution in [2.45, 2.75) is 26.4 Å². The first kappa shape index (κ1) is 16.2. The van der Waals surface area contributed by atoms with Gasteiger partial charge in [0.25, 0.3) is 0 Å². The minimum absolute atomic E-state index is 0.0326. The van der Waals surface area contributed by atoms with Crippen molar-refractivity contribution < 1.29 is 4.79 Å². The van der Waals surface area contributed by atoms with E-state index in [1.54, 1.807) is 35.4 Å². The fraction of sp³-hybridized carbons (Fsp3) is 0.312. The molecule has 2 aromatic rings. The maximum absolute atomic E-state index is 12.1. The molecule has 6 heteroatoms. The molecule has 116 valence electrons. The minimum atomic E-state index is -0.138. The number of carbonyl (C=O) groups excluding carboxylic acids is 1. The molecule has 5 nitrogen and oxygen atoms in total. The SMILES string of the molecule is CC(C)C(Cn1nccn1)NC(=O)/C=C/c1ccc(Cl)cc1. The number of halogens is 1. The molecular formula is C16H19ClN4O.